The molecule has 0 saturated heterocycles. The van der Waals surface area contributed by atoms with E-state index in [1.807, 2.05) is 0 Å². The number of ether oxygens (including phenoxy) is 3. The molecule has 1 aliphatic heterocycles. The second kappa shape index (κ2) is 9.73. The number of esters is 2. The molecule has 0 unspecified atom stereocenters. The van der Waals surface area contributed by atoms with Crippen molar-refractivity contribution >= 4 is 29.3 Å². The molecule has 0 bridgehead atoms. The van der Waals surface area contributed by atoms with E-state index in [9.17, 15) is 27.6 Å². The predicted molar refractivity (Wildman–Crippen MR) is 107 cm³/mol. The Morgan fingerprint density at radius 2 is 1.91 bits per heavy atom. The molecule has 2 amide bonds. The lowest BCUT2D eigenvalue weighted by Crippen LogP contribution is -2.45. The van der Waals surface area contributed by atoms with Gasteiger partial charge < -0.3 is 24.8 Å². The Morgan fingerprint density at radius 1 is 1.12 bits per heavy atom. The molecule has 2 N–H and O–H groups in total. The Hall–Kier alpha value is -3.54. The Kier molecular flexibility index (Phi) is 7.03. The van der Waals surface area contributed by atoms with Gasteiger partial charge in [0.15, 0.2) is 0 Å². The summed E-state index contributed by atoms with van der Waals surface area (Å²) in [5, 5.41) is 4.85. The van der Waals surface area contributed by atoms with Gasteiger partial charge in [0, 0.05) is 4.88 Å². The van der Waals surface area contributed by atoms with E-state index in [-0.39, 0.29) is 41.7 Å². The van der Waals surface area contributed by atoms with Crippen molar-refractivity contribution in [3.8, 4) is 16.2 Å². The van der Waals surface area contributed by atoms with Gasteiger partial charge in [-0.15, -0.1) is 24.5 Å². The molecule has 8 nitrogen and oxygen atoms in total. The van der Waals surface area contributed by atoms with E-state index in [0.29, 0.717) is 10.4 Å². The van der Waals surface area contributed by atoms with E-state index in [4.69, 9.17) is 9.47 Å². The van der Waals surface area contributed by atoms with Crippen LogP contribution in [0.3, 0.4) is 0 Å². The van der Waals surface area contributed by atoms with Gasteiger partial charge in [-0.25, -0.2) is 14.4 Å². The van der Waals surface area contributed by atoms with E-state index in [2.05, 4.69) is 15.4 Å². The summed E-state index contributed by atoms with van der Waals surface area (Å²) in [7, 11) is 0. The lowest BCUT2D eigenvalue weighted by Gasteiger charge is -2.20. The van der Waals surface area contributed by atoms with Crippen LogP contribution >= 0.6 is 11.3 Å². The van der Waals surface area contributed by atoms with Crippen LogP contribution in [0.1, 0.15) is 16.6 Å². The second-order valence-corrected chi connectivity index (χ2v) is 7.38. The molecule has 0 radical (unpaired) electrons. The van der Waals surface area contributed by atoms with Crippen LogP contribution in [0.4, 0.5) is 18.0 Å². The van der Waals surface area contributed by atoms with Crippen molar-refractivity contribution in [2.24, 2.45) is 0 Å². The minimum Gasteiger partial charge on any atom is -0.463 e. The fourth-order valence-corrected chi connectivity index (χ4v) is 3.62. The number of halogens is 3. The molecule has 0 atom stereocenters. The highest BCUT2D eigenvalue weighted by molar-refractivity contribution is 7.17. The topological polar surface area (TPSA) is 103 Å². The summed E-state index contributed by atoms with van der Waals surface area (Å²) in [6, 6.07) is 7.81. The molecule has 0 spiro atoms. The minimum atomic E-state index is -4.82. The summed E-state index contributed by atoms with van der Waals surface area (Å²) in [6.45, 7) is 1.32. The van der Waals surface area contributed by atoms with Gasteiger partial charge in [0.2, 0.25) is 0 Å². The molecular formula is C20H17F3N2O6S. The Labute approximate surface area is 184 Å². The number of amides is 2. The van der Waals surface area contributed by atoms with E-state index in [0.717, 1.165) is 11.3 Å². The maximum Gasteiger partial charge on any atom is 0.573 e. The smallest absolute Gasteiger partial charge is 0.463 e. The molecule has 1 aliphatic rings. The highest BCUT2D eigenvalue weighted by Gasteiger charge is 2.31. The zero-order valence-corrected chi connectivity index (χ0v) is 17.4. The summed E-state index contributed by atoms with van der Waals surface area (Å²) in [6.07, 6.45) is -4.82. The van der Waals surface area contributed by atoms with Crippen LogP contribution in [0.5, 0.6) is 5.75 Å². The van der Waals surface area contributed by atoms with Gasteiger partial charge in [0.1, 0.15) is 17.2 Å². The minimum absolute atomic E-state index is 0.0724. The number of thiophene rings is 1. The first-order valence-corrected chi connectivity index (χ1v) is 10.0. The summed E-state index contributed by atoms with van der Waals surface area (Å²) in [4.78, 5) is 36.7. The molecule has 0 fully saturated rings. The number of nitrogens with one attached hydrogen (secondary N) is 2. The lowest BCUT2D eigenvalue weighted by molar-refractivity contribution is -0.274. The van der Waals surface area contributed by atoms with Gasteiger partial charge in [0.05, 0.1) is 24.4 Å². The van der Waals surface area contributed by atoms with Gasteiger partial charge in [0.25, 0.3) is 0 Å². The third-order valence-corrected chi connectivity index (χ3v) is 5.20. The number of carbonyl (C=O) groups is 3. The number of alkyl halides is 3. The predicted octanol–water partition coefficient (Wildman–Crippen LogP) is 3.60. The van der Waals surface area contributed by atoms with Crippen molar-refractivity contribution in [3.05, 3.63) is 52.5 Å². The van der Waals surface area contributed by atoms with Gasteiger partial charge in [-0.05, 0) is 36.8 Å². The first kappa shape index (κ1) is 23.1. The van der Waals surface area contributed by atoms with E-state index in [1.54, 1.807) is 19.1 Å². The molecule has 2 heterocycles. The SMILES string of the molecule is CCOC(=O)C1=C(COC(=O)c2ccc(-c3cccc(OC(F)(F)F)c3)s2)NC(=O)NC1. The second-order valence-electron chi connectivity index (χ2n) is 6.30. The number of rotatable bonds is 7. The fraction of sp³-hybridized carbons (Fsp3) is 0.250. The molecule has 32 heavy (non-hydrogen) atoms. The number of urea groups is 1. The van der Waals surface area contributed by atoms with Crippen molar-refractivity contribution in [1.29, 1.82) is 0 Å². The maximum absolute atomic E-state index is 12.4. The largest absolute Gasteiger partial charge is 0.573 e. The average Bonchev–Trinajstić information content (AvgIpc) is 3.21. The van der Waals surface area contributed by atoms with E-state index < -0.39 is 24.3 Å². The number of benzene rings is 1. The summed E-state index contributed by atoms with van der Waals surface area (Å²) in [5.41, 5.74) is 0.663. The van der Waals surface area contributed by atoms with Crippen molar-refractivity contribution in [2.45, 2.75) is 13.3 Å². The van der Waals surface area contributed by atoms with Crippen LogP contribution in [-0.2, 0) is 14.3 Å². The molecule has 0 saturated carbocycles. The summed E-state index contributed by atoms with van der Waals surface area (Å²) >= 11 is 1.00. The molecular weight excluding hydrogens is 453 g/mol. The highest BCUT2D eigenvalue weighted by Crippen LogP contribution is 2.32. The first-order chi connectivity index (χ1) is 15.2. The Bertz CT molecular complexity index is 1060. The maximum atomic E-state index is 12.4. The van der Waals surface area contributed by atoms with Gasteiger partial charge in [-0.2, -0.15) is 0 Å². The van der Waals surface area contributed by atoms with Crippen LogP contribution in [-0.4, -0.2) is 44.1 Å². The molecule has 1 aromatic carbocycles. The number of carbonyl (C=O) groups excluding carboxylic acids is 3. The first-order valence-electron chi connectivity index (χ1n) is 9.23. The molecule has 170 valence electrons. The monoisotopic (exact) mass is 470 g/mol. The number of hydrogen-bond donors (Lipinski definition) is 2. The van der Waals surface area contributed by atoms with E-state index in [1.165, 1.54) is 24.3 Å². The van der Waals surface area contributed by atoms with Crippen LogP contribution in [0.15, 0.2) is 47.7 Å². The van der Waals surface area contributed by atoms with Crippen LogP contribution < -0.4 is 15.4 Å². The quantitative estimate of drug-likeness (QED) is 0.600. The standard InChI is InChI=1S/C20H17F3N2O6S/c1-2-29-17(26)13-9-24-19(28)25-14(13)10-30-18(27)16-7-6-15(32-16)11-4-3-5-12(8-11)31-20(21,22)23/h3-8H,2,9-10H2,1H3,(H2,24,25,28). The Balaban J connectivity index is 1.70. The molecule has 0 aliphatic carbocycles. The number of hydrogen-bond acceptors (Lipinski definition) is 7. The average molecular weight is 470 g/mol. The van der Waals surface area contributed by atoms with Crippen molar-refractivity contribution in [3.63, 3.8) is 0 Å². The van der Waals surface area contributed by atoms with Crippen LogP contribution in [0.2, 0.25) is 0 Å². The third kappa shape index (κ3) is 6.00. The van der Waals surface area contributed by atoms with Gasteiger partial charge >= 0.3 is 24.3 Å². The van der Waals surface area contributed by atoms with Crippen molar-refractivity contribution in [2.75, 3.05) is 19.8 Å². The Morgan fingerprint density at radius 3 is 2.62 bits per heavy atom. The molecule has 3 rings (SSSR count). The van der Waals surface area contributed by atoms with Gasteiger partial charge in [-0.3, -0.25) is 0 Å². The van der Waals surface area contributed by atoms with Crippen LogP contribution in [0.25, 0.3) is 10.4 Å². The van der Waals surface area contributed by atoms with Gasteiger partial charge in [-0.1, -0.05) is 12.1 Å². The molecule has 12 heteroatoms. The lowest BCUT2D eigenvalue weighted by atomic mass is 10.2. The summed E-state index contributed by atoms with van der Waals surface area (Å²) in [5.74, 6) is -1.76. The zero-order valence-electron chi connectivity index (χ0n) is 16.6. The molecule has 1 aromatic heterocycles. The highest BCUT2D eigenvalue weighted by atomic mass is 32.1. The summed E-state index contributed by atoms with van der Waals surface area (Å²) < 4.78 is 51.3. The fourth-order valence-electron chi connectivity index (χ4n) is 2.73. The van der Waals surface area contributed by atoms with Crippen molar-refractivity contribution < 1.29 is 41.8 Å². The van der Waals surface area contributed by atoms with Crippen molar-refractivity contribution in [1.82, 2.24) is 10.6 Å². The molecule has 2 aromatic rings. The normalized spacial score (nSPS) is 13.8. The zero-order chi connectivity index (χ0) is 23.3. The third-order valence-electron chi connectivity index (χ3n) is 4.08. The van der Waals surface area contributed by atoms with Crippen LogP contribution in [0, 0.1) is 0 Å². The van der Waals surface area contributed by atoms with E-state index >= 15 is 0 Å².